The summed E-state index contributed by atoms with van der Waals surface area (Å²) in [6.45, 7) is 2.46. The third kappa shape index (κ3) is 1.88. The van der Waals surface area contributed by atoms with Crippen LogP contribution in [0.5, 0.6) is 0 Å². The van der Waals surface area contributed by atoms with Gasteiger partial charge in [-0.15, -0.1) is 0 Å². The lowest BCUT2D eigenvalue weighted by Gasteiger charge is -2.30. The van der Waals surface area contributed by atoms with Gasteiger partial charge in [-0.1, -0.05) is 24.3 Å². The highest BCUT2D eigenvalue weighted by Gasteiger charge is 2.37. The molecular formula is C15H14O4. The first-order valence-corrected chi connectivity index (χ1v) is 6.42. The van der Waals surface area contributed by atoms with Crippen molar-refractivity contribution in [2.75, 3.05) is 6.61 Å². The van der Waals surface area contributed by atoms with Crippen molar-refractivity contribution in [1.29, 1.82) is 0 Å². The number of allylic oxidation sites excluding steroid dienone is 1. The zero-order valence-electron chi connectivity index (χ0n) is 10.6. The first-order chi connectivity index (χ1) is 9.22. The number of benzene rings is 1. The molecule has 2 aliphatic rings. The van der Waals surface area contributed by atoms with E-state index in [0.717, 1.165) is 0 Å². The fourth-order valence-electron chi connectivity index (χ4n) is 2.52. The Morgan fingerprint density at radius 1 is 1.21 bits per heavy atom. The number of Topliss-reactive ketones (excluding diaryl/α,β-unsaturated/α-hetero) is 2. The van der Waals surface area contributed by atoms with Crippen molar-refractivity contribution in [3.8, 4) is 0 Å². The monoisotopic (exact) mass is 258 g/mol. The smallest absolute Gasteiger partial charge is 0.234 e. The molecule has 3 rings (SSSR count). The normalized spacial score (nSPS) is 21.8. The third-order valence-corrected chi connectivity index (χ3v) is 3.40. The molecule has 0 unspecified atom stereocenters. The highest BCUT2D eigenvalue weighted by atomic mass is 16.7. The zero-order chi connectivity index (χ0) is 13.4. The van der Waals surface area contributed by atoms with Crippen molar-refractivity contribution in [3.05, 3.63) is 41.0 Å². The van der Waals surface area contributed by atoms with Crippen LogP contribution in [-0.4, -0.2) is 24.5 Å². The molecule has 0 spiro atoms. The van der Waals surface area contributed by atoms with E-state index >= 15 is 0 Å². The van der Waals surface area contributed by atoms with E-state index in [9.17, 15) is 9.59 Å². The SMILES string of the molecule is CCO[C@@H]1CCC2=C(O1)c1ccccc1C(=O)C2=O. The molecule has 0 bridgehead atoms. The van der Waals surface area contributed by atoms with E-state index in [2.05, 4.69) is 0 Å². The molecule has 0 N–H and O–H groups in total. The lowest BCUT2D eigenvalue weighted by molar-refractivity contribution is -0.116. The van der Waals surface area contributed by atoms with Gasteiger partial charge < -0.3 is 9.47 Å². The quantitative estimate of drug-likeness (QED) is 0.764. The lowest BCUT2D eigenvalue weighted by Crippen LogP contribution is -2.31. The molecule has 4 nitrogen and oxygen atoms in total. The Kier molecular flexibility index (Phi) is 2.95. The second-order valence-electron chi connectivity index (χ2n) is 4.55. The van der Waals surface area contributed by atoms with Gasteiger partial charge in [0.1, 0.15) is 5.76 Å². The summed E-state index contributed by atoms with van der Waals surface area (Å²) in [6.07, 6.45) is 0.796. The maximum absolute atomic E-state index is 12.1. The van der Waals surface area contributed by atoms with Crippen molar-refractivity contribution < 1.29 is 19.1 Å². The predicted octanol–water partition coefficient (Wildman–Crippen LogP) is 2.34. The predicted molar refractivity (Wildman–Crippen MR) is 68.4 cm³/mol. The molecule has 1 aliphatic heterocycles. The van der Waals surface area contributed by atoms with E-state index in [1.165, 1.54) is 0 Å². The standard InChI is InChI=1S/C15H14O4/c1-2-18-12-8-7-11-14(17)13(16)9-5-3-4-6-10(9)15(11)19-12/h3-6,12H,2,7-8H2,1H3/t12-/m0/s1. The van der Waals surface area contributed by atoms with Crippen molar-refractivity contribution in [3.63, 3.8) is 0 Å². The van der Waals surface area contributed by atoms with Crippen molar-refractivity contribution in [1.82, 2.24) is 0 Å². The number of ketones is 2. The molecule has 0 aromatic heterocycles. The van der Waals surface area contributed by atoms with Crippen LogP contribution in [0.3, 0.4) is 0 Å². The molecule has 1 atom stereocenters. The van der Waals surface area contributed by atoms with Gasteiger partial charge in [0.25, 0.3) is 0 Å². The summed E-state index contributed by atoms with van der Waals surface area (Å²) in [4.78, 5) is 24.1. The van der Waals surface area contributed by atoms with Crippen LogP contribution in [0.25, 0.3) is 5.76 Å². The fraction of sp³-hybridized carbons (Fsp3) is 0.333. The molecule has 4 heteroatoms. The minimum absolute atomic E-state index is 0.335. The highest BCUT2D eigenvalue weighted by molar-refractivity contribution is 6.52. The molecule has 0 saturated heterocycles. The van der Waals surface area contributed by atoms with Crippen LogP contribution in [0.4, 0.5) is 0 Å². The largest absolute Gasteiger partial charge is 0.464 e. The maximum Gasteiger partial charge on any atom is 0.234 e. The molecule has 0 fully saturated rings. The second-order valence-corrected chi connectivity index (χ2v) is 4.55. The van der Waals surface area contributed by atoms with E-state index < -0.39 is 11.6 Å². The Morgan fingerprint density at radius 2 is 1.95 bits per heavy atom. The van der Waals surface area contributed by atoms with Gasteiger partial charge in [0.05, 0.1) is 0 Å². The van der Waals surface area contributed by atoms with E-state index in [4.69, 9.17) is 9.47 Å². The number of carbonyl (C=O) groups is 2. The van der Waals surface area contributed by atoms with Crippen molar-refractivity contribution >= 4 is 17.3 Å². The van der Waals surface area contributed by atoms with Crippen LogP contribution in [-0.2, 0) is 14.3 Å². The molecule has 1 aliphatic carbocycles. The van der Waals surface area contributed by atoms with Crippen LogP contribution >= 0.6 is 0 Å². The van der Waals surface area contributed by atoms with Gasteiger partial charge in [-0.2, -0.15) is 0 Å². The summed E-state index contributed by atoms with van der Waals surface area (Å²) in [6, 6.07) is 7.05. The number of hydrogen-bond acceptors (Lipinski definition) is 4. The Balaban J connectivity index is 2.07. The molecule has 1 aromatic carbocycles. The van der Waals surface area contributed by atoms with Gasteiger partial charge in [-0.3, -0.25) is 9.59 Å². The van der Waals surface area contributed by atoms with E-state index in [1.807, 2.05) is 19.1 Å². The number of rotatable bonds is 2. The molecule has 19 heavy (non-hydrogen) atoms. The average Bonchev–Trinajstić information content (AvgIpc) is 2.45. The minimum atomic E-state index is -0.441. The van der Waals surface area contributed by atoms with E-state index in [1.54, 1.807) is 12.1 Å². The summed E-state index contributed by atoms with van der Waals surface area (Å²) in [5, 5.41) is 0. The van der Waals surface area contributed by atoms with Crippen LogP contribution in [0.2, 0.25) is 0 Å². The molecule has 1 aromatic rings. The molecule has 0 amide bonds. The second kappa shape index (κ2) is 4.63. The number of carbonyl (C=O) groups excluding carboxylic acids is 2. The average molecular weight is 258 g/mol. The Labute approximate surface area is 111 Å². The molecule has 0 saturated carbocycles. The van der Waals surface area contributed by atoms with Gasteiger partial charge >= 0.3 is 0 Å². The summed E-state index contributed by atoms with van der Waals surface area (Å²) in [5.74, 6) is -0.360. The minimum Gasteiger partial charge on any atom is -0.464 e. The molecule has 0 radical (unpaired) electrons. The third-order valence-electron chi connectivity index (χ3n) is 3.40. The summed E-state index contributed by atoms with van der Waals surface area (Å²) < 4.78 is 11.2. The molecular weight excluding hydrogens is 244 g/mol. The van der Waals surface area contributed by atoms with Gasteiger partial charge in [-0.25, -0.2) is 0 Å². The molecule has 1 heterocycles. The Hall–Kier alpha value is -1.94. The fourth-order valence-corrected chi connectivity index (χ4v) is 2.52. The Morgan fingerprint density at radius 3 is 2.68 bits per heavy atom. The first-order valence-electron chi connectivity index (χ1n) is 6.42. The Bertz CT molecular complexity index is 586. The highest BCUT2D eigenvalue weighted by Crippen LogP contribution is 2.37. The summed E-state index contributed by atoms with van der Waals surface area (Å²) >= 11 is 0. The first kappa shape index (κ1) is 12.1. The number of fused-ring (bicyclic) bond motifs is 2. The lowest BCUT2D eigenvalue weighted by atomic mass is 9.85. The van der Waals surface area contributed by atoms with E-state index in [0.29, 0.717) is 41.9 Å². The summed E-state index contributed by atoms with van der Waals surface area (Å²) in [5.41, 5.74) is 1.61. The maximum atomic E-state index is 12.1. The van der Waals surface area contributed by atoms with Crippen molar-refractivity contribution in [2.24, 2.45) is 0 Å². The van der Waals surface area contributed by atoms with E-state index in [-0.39, 0.29) is 6.29 Å². The molecule has 98 valence electrons. The van der Waals surface area contributed by atoms with Crippen molar-refractivity contribution in [2.45, 2.75) is 26.1 Å². The van der Waals surface area contributed by atoms with Crippen LogP contribution in [0.1, 0.15) is 35.7 Å². The van der Waals surface area contributed by atoms with Gasteiger partial charge in [-0.05, 0) is 13.3 Å². The zero-order valence-corrected chi connectivity index (χ0v) is 10.6. The van der Waals surface area contributed by atoms with Gasteiger partial charge in [0, 0.05) is 29.7 Å². The van der Waals surface area contributed by atoms with Crippen LogP contribution in [0.15, 0.2) is 29.8 Å². The number of ether oxygens (including phenoxy) is 2. The van der Waals surface area contributed by atoms with Gasteiger partial charge in [0.2, 0.25) is 11.6 Å². The topological polar surface area (TPSA) is 52.6 Å². The number of hydrogen-bond donors (Lipinski definition) is 0. The van der Waals surface area contributed by atoms with Crippen LogP contribution < -0.4 is 0 Å². The van der Waals surface area contributed by atoms with Crippen LogP contribution in [0, 0.1) is 0 Å². The van der Waals surface area contributed by atoms with Gasteiger partial charge in [0.15, 0.2) is 6.29 Å². The summed E-state index contributed by atoms with van der Waals surface area (Å²) in [7, 11) is 0.